The van der Waals surface area contributed by atoms with Gasteiger partial charge in [-0.15, -0.1) is 11.3 Å². The molecule has 0 aliphatic heterocycles. The molecule has 3 aromatic carbocycles. The molecule has 6 nitrogen and oxygen atoms in total. The zero-order valence-corrected chi connectivity index (χ0v) is 15.4. The summed E-state index contributed by atoms with van der Waals surface area (Å²) in [6.07, 6.45) is 0. The highest BCUT2D eigenvalue weighted by Gasteiger charge is 2.17. The maximum Gasteiger partial charge on any atom is 0.339 e. The standard InChI is InChI=1S/C21H14N2O4S/c24-21(27-13-14-9-11-15(12-10-14)23(25)26)17-6-2-1-5-16(17)20-22-18-7-3-4-8-19(18)28-20/h1-12H,13H2. The fourth-order valence-electron chi connectivity index (χ4n) is 2.78. The lowest BCUT2D eigenvalue weighted by Gasteiger charge is -2.08. The number of ether oxygens (including phenoxy) is 1. The zero-order chi connectivity index (χ0) is 19.5. The van der Waals surface area contributed by atoms with Crippen LogP contribution in [0.4, 0.5) is 5.69 Å². The second kappa shape index (κ2) is 7.58. The number of esters is 1. The summed E-state index contributed by atoms with van der Waals surface area (Å²) in [4.78, 5) is 27.5. The lowest BCUT2D eigenvalue weighted by atomic mass is 10.1. The third-order valence-corrected chi connectivity index (χ3v) is 5.26. The van der Waals surface area contributed by atoms with Crippen LogP contribution in [0.15, 0.2) is 72.8 Å². The zero-order valence-electron chi connectivity index (χ0n) is 14.6. The number of carbonyl (C=O) groups is 1. The van der Waals surface area contributed by atoms with E-state index < -0.39 is 10.9 Å². The molecule has 0 N–H and O–H groups in total. The first kappa shape index (κ1) is 17.8. The molecule has 0 atom stereocenters. The topological polar surface area (TPSA) is 82.3 Å². The number of aromatic nitrogens is 1. The van der Waals surface area contributed by atoms with Crippen molar-refractivity contribution in [1.82, 2.24) is 4.98 Å². The number of carbonyl (C=O) groups excluding carboxylic acids is 1. The van der Waals surface area contributed by atoms with Crippen molar-refractivity contribution in [3.8, 4) is 10.6 Å². The number of hydrogen-bond donors (Lipinski definition) is 0. The molecule has 1 aromatic heterocycles. The van der Waals surface area contributed by atoms with Gasteiger partial charge in [0.1, 0.15) is 11.6 Å². The second-order valence-electron chi connectivity index (χ2n) is 6.03. The number of benzene rings is 3. The molecule has 28 heavy (non-hydrogen) atoms. The summed E-state index contributed by atoms with van der Waals surface area (Å²) in [7, 11) is 0. The molecule has 1 heterocycles. The highest BCUT2D eigenvalue weighted by Crippen LogP contribution is 2.32. The van der Waals surface area contributed by atoms with E-state index in [9.17, 15) is 14.9 Å². The maximum atomic E-state index is 12.6. The Labute approximate surface area is 164 Å². The van der Waals surface area contributed by atoms with Crippen molar-refractivity contribution in [3.63, 3.8) is 0 Å². The van der Waals surface area contributed by atoms with Crippen molar-refractivity contribution < 1.29 is 14.5 Å². The molecule has 0 bridgehead atoms. The lowest BCUT2D eigenvalue weighted by molar-refractivity contribution is -0.384. The summed E-state index contributed by atoms with van der Waals surface area (Å²) in [5.41, 5.74) is 2.71. The summed E-state index contributed by atoms with van der Waals surface area (Å²) in [6, 6.07) is 20.9. The van der Waals surface area contributed by atoms with Gasteiger partial charge in [0, 0.05) is 17.7 Å². The SMILES string of the molecule is O=C(OCc1ccc([N+](=O)[O-])cc1)c1ccccc1-c1nc2ccccc2s1. The van der Waals surface area contributed by atoms with E-state index in [4.69, 9.17) is 4.74 Å². The smallest absolute Gasteiger partial charge is 0.339 e. The third kappa shape index (κ3) is 3.60. The fraction of sp³-hybridized carbons (Fsp3) is 0.0476. The van der Waals surface area contributed by atoms with Gasteiger partial charge in [0.05, 0.1) is 20.7 Å². The second-order valence-corrected chi connectivity index (χ2v) is 7.06. The molecule has 0 spiro atoms. The Balaban J connectivity index is 1.55. The van der Waals surface area contributed by atoms with Crippen LogP contribution in [-0.2, 0) is 11.3 Å². The predicted octanol–water partition coefficient (Wildman–Crippen LogP) is 5.23. The Kier molecular flexibility index (Phi) is 4.82. The molecule has 7 heteroatoms. The lowest BCUT2D eigenvalue weighted by Crippen LogP contribution is -2.07. The van der Waals surface area contributed by atoms with Gasteiger partial charge in [-0.3, -0.25) is 10.1 Å². The van der Waals surface area contributed by atoms with E-state index in [1.807, 2.05) is 36.4 Å². The van der Waals surface area contributed by atoms with Crippen LogP contribution in [0.3, 0.4) is 0 Å². The van der Waals surface area contributed by atoms with Gasteiger partial charge in [-0.05, 0) is 35.9 Å². The molecule has 0 fully saturated rings. The summed E-state index contributed by atoms with van der Waals surface area (Å²) < 4.78 is 6.47. The average Bonchev–Trinajstić information content (AvgIpc) is 3.16. The van der Waals surface area contributed by atoms with Crippen molar-refractivity contribution in [2.45, 2.75) is 6.61 Å². The minimum absolute atomic E-state index is 0.00346. The molecule has 0 unspecified atom stereocenters. The Hall–Kier alpha value is -3.58. The van der Waals surface area contributed by atoms with Gasteiger partial charge in [-0.25, -0.2) is 9.78 Å². The Morgan fingerprint density at radius 1 is 1.00 bits per heavy atom. The normalized spacial score (nSPS) is 10.7. The number of para-hydroxylation sites is 1. The first-order valence-electron chi connectivity index (χ1n) is 8.47. The molecule has 0 saturated heterocycles. The molecule has 138 valence electrons. The van der Waals surface area contributed by atoms with Gasteiger partial charge in [0.15, 0.2) is 0 Å². The van der Waals surface area contributed by atoms with Crippen molar-refractivity contribution in [2.24, 2.45) is 0 Å². The quantitative estimate of drug-likeness (QED) is 0.265. The molecule has 4 rings (SSSR count). The van der Waals surface area contributed by atoms with Crippen LogP contribution in [0.1, 0.15) is 15.9 Å². The fourth-order valence-corrected chi connectivity index (χ4v) is 3.78. The van der Waals surface area contributed by atoms with Crippen LogP contribution < -0.4 is 0 Å². The van der Waals surface area contributed by atoms with Crippen LogP contribution in [0, 0.1) is 10.1 Å². The Morgan fingerprint density at radius 2 is 1.71 bits per heavy atom. The molecule has 0 saturated carbocycles. The van der Waals surface area contributed by atoms with E-state index >= 15 is 0 Å². The van der Waals surface area contributed by atoms with Crippen molar-refractivity contribution >= 4 is 33.2 Å². The van der Waals surface area contributed by atoms with Gasteiger partial charge < -0.3 is 4.74 Å². The van der Waals surface area contributed by atoms with E-state index in [1.165, 1.54) is 23.5 Å². The van der Waals surface area contributed by atoms with Gasteiger partial charge in [-0.1, -0.05) is 30.3 Å². The summed E-state index contributed by atoms with van der Waals surface area (Å²) in [5, 5.41) is 11.5. The largest absolute Gasteiger partial charge is 0.457 e. The maximum absolute atomic E-state index is 12.6. The number of non-ortho nitro benzene ring substituents is 1. The summed E-state index contributed by atoms with van der Waals surface area (Å²) >= 11 is 1.52. The Bertz CT molecular complexity index is 1140. The predicted molar refractivity (Wildman–Crippen MR) is 107 cm³/mol. The van der Waals surface area contributed by atoms with Crippen LogP contribution >= 0.6 is 11.3 Å². The van der Waals surface area contributed by atoms with E-state index in [1.54, 1.807) is 24.3 Å². The molecule has 0 radical (unpaired) electrons. The van der Waals surface area contributed by atoms with E-state index in [0.717, 1.165) is 20.8 Å². The van der Waals surface area contributed by atoms with Crippen molar-refractivity contribution in [1.29, 1.82) is 0 Å². The summed E-state index contributed by atoms with van der Waals surface area (Å²) in [6.45, 7) is 0.0327. The minimum atomic E-state index is -0.468. The van der Waals surface area contributed by atoms with Crippen LogP contribution in [-0.4, -0.2) is 15.9 Å². The number of nitro groups is 1. The number of thiazole rings is 1. The minimum Gasteiger partial charge on any atom is -0.457 e. The molecular formula is C21H14N2O4S. The van der Waals surface area contributed by atoms with Gasteiger partial charge in [-0.2, -0.15) is 0 Å². The molecule has 0 aliphatic carbocycles. The van der Waals surface area contributed by atoms with E-state index in [0.29, 0.717) is 11.1 Å². The molecule has 4 aromatic rings. The highest BCUT2D eigenvalue weighted by atomic mass is 32.1. The number of fused-ring (bicyclic) bond motifs is 1. The van der Waals surface area contributed by atoms with Crippen molar-refractivity contribution in [2.75, 3.05) is 0 Å². The monoisotopic (exact) mass is 390 g/mol. The molecule has 0 aliphatic rings. The third-order valence-electron chi connectivity index (χ3n) is 4.19. The number of nitrogens with zero attached hydrogens (tertiary/aromatic N) is 2. The first-order valence-corrected chi connectivity index (χ1v) is 9.29. The van der Waals surface area contributed by atoms with Crippen LogP contribution in [0.5, 0.6) is 0 Å². The van der Waals surface area contributed by atoms with Gasteiger partial charge >= 0.3 is 5.97 Å². The van der Waals surface area contributed by atoms with E-state index in [-0.39, 0.29) is 12.3 Å². The number of nitro benzene ring substituents is 1. The van der Waals surface area contributed by atoms with E-state index in [2.05, 4.69) is 4.98 Å². The summed E-state index contributed by atoms with van der Waals surface area (Å²) in [5.74, 6) is -0.465. The number of hydrogen-bond acceptors (Lipinski definition) is 6. The first-order chi connectivity index (χ1) is 13.6. The van der Waals surface area contributed by atoms with Crippen LogP contribution in [0.2, 0.25) is 0 Å². The molecule has 0 amide bonds. The highest BCUT2D eigenvalue weighted by molar-refractivity contribution is 7.21. The van der Waals surface area contributed by atoms with Crippen molar-refractivity contribution in [3.05, 3.63) is 94.0 Å². The van der Waals surface area contributed by atoms with Gasteiger partial charge in [0.2, 0.25) is 0 Å². The number of rotatable bonds is 5. The average molecular weight is 390 g/mol. The Morgan fingerprint density at radius 3 is 2.46 bits per heavy atom. The van der Waals surface area contributed by atoms with Gasteiger partial charge in [0.25, 0.3) is 5.69 Å². The van der Waals surface area contributed by atoms with Crippen LogP contribution in [0.25, 0.3) is 20.8 Å². The molecular weight excluding hydrogens is 376 g/mol.